The van der Waals surface area contributed by atoms with Crippen molar-refractivity contribution in [3.63, 3.8) is 0 Å². The zero-order valence-corrected chi connectivity index (χ0v) is 44.8. The molecule has 2 heteroatoms. The Morgan fingerprint density at radius 2 is 0.659 bits per heavy atom. The molecular weight excluding hydrogens is 989 g/mol. The Morgan fingerprint density at radius 1 is 0.244 bits per heavy atom. The van der Waals surface area contributed by atoms with Crippen LogP contribution in [-0.4, -0.2) is 4.57 Å². The van der Waals surface area contributed by atoms with E-state index >= 15 is 0 Å². The number of rotatable bonds is 6. The highest BCUT2D eigenvalue weighted by molar-refractivity contribution is 6.13. The van der Waals surface area contributed by atoms with Crippen molar-refractivity contribution < 1.29 is 0 Å². The number of nitrogens with zero attached hydrogens (tertiary/aromatic N) is 2. The van der Waals surface area contributed by atoms with Crippen LogP contribution in [0.2, 0.25) is 0 Å². The Labute approximate surface area is 476 Å². The van der Waals surface area contributed by atoms with Crippen LogP contribution in [0.4, 0.5) is 17.1 Å². The molecule has 13 aromatic carbocycles. The van der Waals surface area contributed by atoms with E-state index in [1.54, 1.807) is 0 Å². The Balaban J connectivity index is 0.859. The van der Waals surface area contributed by atoms with Crippen LogP contribution >= 0.6 is 0 Å². The predicted octanol–water partition coefficient (Wildman–Crippen LogP) is 20.3. The van der Waals surface area contributed by atoms with Gasteiger partial charge >= 0.3 is 0 Å². The zero-order valence-electron chi connectivity index (χ0n) is 44.8. The van der Waals surface area contributed by atoms with Crippen LogP contribution < -0.4 is 4.90 Å². The number of hydrogen-bond donors (Lipinski definition) is 0. The summed E-state index contributed by atoms with van der Waals surface area (Å²) < 4.78 is 2.53. The minimum Gasteiger partial charge on any atom is -0.310 e. The first-order valence-electron chi connectivity index (χ1n) is 28.7. The second-order valence-electron chi connectivity index (χ2n) is 22.6. The largest absolute Gasteiger partial charge is 0.310 e. The molecule has 4 aliphatic rings. The molecule has 14 aromatic rings. The van der Waals surface area contributed by atoms with Gasteiger partial charge in [-0.15, -0.1) is 0 Å². The van der Waals surface area contributed by atoms with Gasteiger partial charge in [-0.3, -0.25) is 0 Å². The van der Waals surface area contributed by atoms with Gasteiger partial charge in [-0.1, -0.05) is 255 Å². The molecule has 1 aliphatic heterocycles. The maximum absolute atomic E-state index is 2.54. The second kappa shape index (κ2) is 17.0. The third-order valence-corrected chi connectivity index (χ3v) is 18.8. The number of benzene rings is 13. The van der Waals surface area contributed by atoms with Gasteiger partial charge in [-0.2, -0.15) is 0 Å². The average molecular weight is 1040 g/mol. The number of aromatic nitrogens is 1. The van der Waals surface area contributed by atoms with E-state index in [9.17, 15) is 0 Å². The Hall–Kier alpha value is -10.5. The second-order valence-corrected chi connectivity index (χ2v) is 22.6. The molecule has 1 atom stereocenters. The Kier molecular flexibility index (Phi) is 9.39. The smallest absolute Gasteiger partial charge is 0.0754 e. The summed E-state index contributed by atoms with van der Waals surface area (Å²) in [5.74, 6) is 0. The maximum Gasteiger partial charge on any atom is 0.0754 e. The summed E-state index contributed by atoms with van der Waals surface area (Å²) in [4.78, 5) is 2.52. The fourth-order valence-electron chi connectivity index (χ4n) is 15.6. The molecule has 0 saturated carbocycles. The summed E-state index contributed by atoms with van der Waals surface area (Å²) in [5.41, 5.74) is 31.4. The summed E-state index contributed by atoms with van der Waals surface area (Å²) in [7, 11) is 0. The van der Waals surface area contributed by atoms with E-state index in [0.29, 0.717) is 0 Å². The SMILES string of the molecule is c1ccc(-c2ccc(-c3ccc(N(c4ccc5c(c4)C4(c6ccccc6-c6ccccc64)c4ccccc4-5)c4ccccc4-c4ccc5c(c4)C4(c6ccccc6-5)c5ccccc5-n5c6ccccc6c6cccc4c65)cc3)cc2)cc1. The number of para-hydroxylation sites is 4. The quantitative estimate of drug-likeness (QED) is 0.161. The van der Waals surface area contributed by atoms with Gasteiger partial charge in [0.2, 0.25) is 0 Å². The van der Waals surface area contributed by atoms with Gasteiger partial charge in [-0.25, -0.2) is 0 Å². The highest BCUT2D eigenvalue weighted by atomic mass is 15.1. The van der Waals surface area contributed by atoms with E-state index in [2.05, 4.69) is 313 Å². The molecule has 0 saturated heterocycles. The molecule has 0 N–H and O–H groups in total. The fourth-order valence-corrected chi connectivity index (χ4v) is 15.6. The van der Waals surface area contributed by atoms with Gasteiger partial charge in [-0.05, 0) is 154 Å². The molecule has 1 aromatic heterocycles. The topological polar surface area (TPSA) is 8.17 Å². The minimum absolute atomic E-state index is 0.496. The monoisotopic (exact) mass is 1040 g/mol. The van der Waals surface area contributed by atoms with Crippen molar-refractivity contribution >= 4 is 38.9 Å². The van der Waals surface area contributed by atoms with E-state index < -0.39 is 10.8 Å². The molecule has 82 heavy (non-hydrogen) atoms. The highest BCUT2D eigenvalue weighted by Crippen LogP contribution is 2.65. The maximum atomic E-state index is 2.54. The molecule has 1 unspecified atom stereocenters. The van der Waals surface area contributed by atoms with Crippen molar-refractivity contribution in [1.29, 1.82) is 0 Å². The Morgan fingerprint density at radius 3 is 1.29 bits per heavy atom. The normalized spacial score (nSPS) is 15.0. The van der Waals surface area contributed by atoms with Crippen LogP contribution in [-0.2, 0) is 10.8 Å². The molecule has 2 heterocycles. The summed E-state index contributed by atoms with van der Waals surface area (Å²) in [6.45, 7) is 0. The van der Waals surface area contributed by atoms with Crippen molar-refractivity contribution in [3.05, 3.63) is 348 Å². The molecule has 0 fully saturated rings. The fraction of sp³-hybridized carbons (Fsp3) is 0.0250. The van der Waals surface area contributed by atoms with Gasteiger partial charge < -0.3 is 9.47 Å². The van der Waals surface area contributed by atoms with E-state index in [1.165, 1.54) is 133 Å². The number of fused-ring (bicyclic) bond motifs is 22. The van der Waals surface area contributed by atoms with Crippen LogP contribution in [0.3, 0.4) is 0 Å². The molecule has 0 radical (unpaired) electrons. The van der Waals surface area contributed by atoms with Gasteiger partial charge in [0.1, 0.15) is 0 Å². The van der Waals surface area contributed by atoms with Gasteiger partial charge in [0.05, 0.1) is 33.2 Å². The van der Waals surface area contributed by atoms with Crippen LogP contribution in [0, 0.1) is 0 Å². The molecule has 2 nitrogen and oxygen atoms in total. The first-order chi connectivity index (χ1) is 40.7. The standard InChI is InChI=1S/C80H50N2/c1-2-19-51(20-3-1)52-37-39-53(40-38-52)54-41-44-56(45-42-54)81(57-46-48-64-62-25-6-12-30-69(62)79(74(64)50-57)67-28-10-4-22-59(67)60-23-5-11-29-68(60)79)75-34-15-8-21-58(75)55-43-47-63-61-24-7-13-31-70(61)80(73(63)49-55)71-32-14-17-36-77(71)82-76-35-16-9-26-65(76)66-27-18-33-72(80)78(66)82/h1-50H. The van der Waals surface area contributed by atoms with Crippen molar-refractivity contribution in [3.8, 4) is 72.4 Å². The van der Waals surface area contributed by atoms with E-state index in [0.717, 1.165) is 22.6 Å². The predicted molar refractivity (Wildman–Crippen MR) is 339 cm³/mol. The average Bonchev–Trinajstić information content (AvgIpc) is 1.57. The van der Waals surface area contributed by atoms with E-state index in [-0.39, 0.29) is 0 Å². The van der Waals surface area contributed by atoms with Crippen molar-refractivity contribution in [1.82, 2.24) is 4.57 Å². The summed E-state index contributed by atoms with van der Waals surface area (Å²) in [5, 5.41) is 2.56. The third kappa shape index (κ3) is 5.92. The van der Waals surface area contributed by atoms with E-state index in [4.69, 9.17) is 0 Å². The first-order valence-corrected chi connectivity index (χ1v) is 28.7. The molecule has 18 rings (SSSR count). The van der Waals surface area contributed by atoms with E-state index in [1.807, 2.05) is 0 Å². The molecular formula is C80H50N2. The lowest BCUT2D eigenvalue weighted by molar-refractivity contribution is 0.749. The van der Waals surface area contributed by atoms with Crippen LogP contribution in [0.1, 0.15) is 44.5 Å². The molecule has 3 aliphatic carbocycles. The summed E-state index contributed by atoms with van der Waals surface area (Å²) in [6.07, 6.45) is 0. The lowest BCUT2D eigenvalue weighted by Gasteiger charge is -2.39. The summed E-state index contributed by atoms with van der Waals surface area (Å²) in [6, 6.07) is 114. The van der Waals surface area contributed by atoms with Crippen molar-refractivity contribution in [2.45, 2.75) is 10.8 Å². The lowest BCUT2D eigenvalue weighted by Crippen LogP contribution is -2.33. The molecule has 0 amide bonds. The molecule has 0 bridgehead atoms. The van der Waals surface area contributed by atoms with Gasteiger partial charge in [0.25, 0.3) is 0 Å². The lowest BCUT2D eigenvalue weighted by atomic mass is 9.65. The van der Waals surface area contributed by atoms with Gasteiger partial charge in [0, 0.05) is 27.7 Å². The van der Waals surface area contributed by atoms with Crippen molar-refractivity contribution in [2.75, 3.05) is 4.90 Å². The number of hydrogen-bond acceptors (Lipinski definition) is 1. The molecule has 380 valence electrons. The first kappa shape index (κ1) is 45.3. The Bertz CT molecular complexity index is 4920. The minimum atomic E-state index is -0.580. The zero-order chi connectivity index (χ0) is 53.7. The van der Waals surface area contributed by atoms with Crippen LogP contribution in [0.5, 0.6) is 0 Å². The summed E-state index contributed by atoms with van der Waals surface area (Å²) >= 11 is 0. The number of anilines is 3. The van der Waals surface area contributed by atoms with Crippen molar-refractivity contribution in [2.24, 2.45) is 0 Å². The third-order valence-electron chi connectivity index (χ3n) is 18.8. The van der Waals surface area contributed by atoms with Gasteiger partial charge in [0.15, 0.2) is 0 Å². The molecule has 2 spiro atoms. The highest BCUT2D eigenvalue weighted by Gasteiger charge is 2.53. The van der Waals surface area contributed by atoms with Crippen LogP contribution in [0.15, 0.2) is 303 Å². The van der Waals surface area contributed by atoms with Crippen LogP contribution in [0.25, 0.3) is 94.3 Å².